The summed E-state index contributed by atoms with van der Waals surface area (Å²) < 4.78 is 0. The monoisotopic (exact) mass is 478 g/mol. The maximum Gasteiger partial charge on any atom is 0.127 e. The topological polar surface area (TPSA) is 40.5 Å². The van der Waals surface area contributed by atoms with Gasteiger partial charge >= 0.3 is 0 Å². The molecule has 36 heavy (non-hydrogen) atoms. The predicted octanol–water partition coefficient (Wildman–Crippen LogP) is 9.18. The second kappa shape index (κ2) is 9.50. The molecule has 0 bridgehead atoms. The van der Waals surface area contributed by atoms with Crippen molar-refractivity contribution in [3.05, 3.63) is 107 Å². The summed E-state index contributed by atoms with van der Waals surface area (Å²) in [6, 6.07) is 28.5. The Morgan fingerprint density at radius 1 is 0.528 bits per heavy atom. The molecule has 4 aromatic carbocycles. The van der Waals surface area contributed by atoms with Crippen molar-refractivity contribution in [3.8, 4) is 33.8 Å². The van der Waals surface area contributed by atoms with Crippen molar-refractivity contribution in [1.29, 1.82) is 0 Å². The SMILES string of the molecule is CC(c1cc(C(C)(C)C)cc(-c2ccccc2)c1O)c1cc(C(C)(C)C)cc(-c2ccccc2)c1O. The number of hydrogen-bond acceptors (Lipinski definition) is 2. The number of benzene rings is 4. The van der Waals surface area contributed by atoms with E-state index in [1.807, 2.05) is 60.7 Å². The molecule has 0 radical (unpaired) electrons. The Morgan fingerprint density at radius 2 is 0.861 bits per heavy atom. The summed E-state index contributed by atoms with van der Waals surface area (Å²) >= 11 is 0. The molecule has 0 heterocycles. The van der Waals surface area contributed by atoms with Crippen molar-refractivity contribution < 1.29 is 10.2 Å². The van der Waals surface area contributed by atoms with Gasteiger partial charge in [-0.2, -0.15) is 0 Å². The number of rotatable bonds is 4. The molecule has 4 rings (SSSR count). The molecule has 0 unspecified atom stereocenters. The van der Waals surface area contributed by atoms with Crippen LogP contribution in [0.1, 0.15) is 76.6 Å². The average molecular weight is 479 g/mol. The minimum Gasteiger partial charge on any atom is -0.507 e. The highest BCUT2D eigenvalue weighted by Gasteiger charge is 2.27. The Balaban J connectivity index is 1.98. The summed E-state index contributed by atoms with van der Waals surface area (Å²) in [5.41, 5.74) is 7.33. The van der Waals surface area contributed by atoms with Gasteiger partial charge in [0, 0.05) is 28.2 Å². The first-order valence-electron chi connectivity index (χ1n) is 12.7. The van der Waals surface area contributed by atoms with Gasteiger partial charge in [-0.25, -0.2) is 0 Å². The van der Waals surface area contributed by atoms with Crippen molar-refractivity contribution in [2.24, 2.45) is 0 Å². The standard InChI is InChI=1S/C34H38O2/c1-22(27-18-25(33(2,3)4)20-29(31(27)35)23-14-10-8-11-15-23)28-19-26(34(5,6)7)21-30(32(28)36)24-16-12-9-13-17-24/h8-22,35-36H,1-7H3. The van der Waals surface area contributed by atoms with Gasteiger partial charge in [0.15, 0.2) is 0 Å². The number of hydrogen-bond donors (Lipinski definition) is 2. The molecular formula is C34H38O2. The van der Waals surface area contributed by atoms with E-state index in [1.54, 1.807) is 0 Å². The van der Waals surface area contributed by atoms with Crippen LogP contribution in [0.3, 0.4) is 0 Å². The van der Waals surface area contributed by atoms with Crippen LogP contribution in [0.25, 0.3) is 22.3 Å². The molecule has 2 nitrogen and oxygen atoms in total. The molecule has 0 aliphatic heterocycles. The van der Waals surface area contributed by atoms with E-state index in [0.717, 1.165) is 44.5 Å². The van der Waals surface area contributed by atoms with Crippen LogP contribution in [-0.4, -0.2) is 10.2 Å². The van der Waals surface area contributed by atoms with E-state index in [1.165, 1.54) is 0 Å². The highest BCUT2D eigenvalue weighted by Crippen LogP contribution is 2.46. The van der Waals surface area contributed by atoms with E-state index in [0.29, 0.717) is 0 Å². The molecule has 0 saturated heterocycles. The van der Waals surface area contributed by atoms with Crippen molar-refractivity contribution >= 4 is 0 Å². The van der Waals surface area contributed by atoms with Crippen LogP contribution in [0.2, 0.25) is 0 Å². The highest BCUT2D eigenvalue weighted by molar-refractivity contribution is 5.76. The van der Waals surface area contributed by atoms with Crippen molar-refractivity contribution in [2.75, 3.05) is 0 Å². The Kier molecular flexibility index (Phi) is 6.75. The summed E-state index contributed by atoms with van der Waals surface area (Å²) in [6.07, 6.45) is 0. The average Bonchev–Trinajstić information content (AvgIpc) is 2.83. The Morgan fingerprint density at radius 3 is 1.17 bits per heavy atom. The van der Waals surface area contributed by atoms with E-state index in [9.17, 15) is 10.2 Å². The molecular weight excluding hydrogens is 440 g/mol. The van der Waals surface area contributed by atoms with Gasteiger partial charge in [0.05, 0.1) is 0 Å². The smallest absolute Gasteiger partial charge is 0.127 e. The molecule has 0 aliphatic carbocycles. The van der Waals surface area contributed by atoms with E-state index < -0.39 is 0 Å². The second-order valence-electron chi connectivity index (χ2n) is 11.9. The molecule has 0 aliphatic rings. The molecule has 186 valence electrons. The van der Waals surface area contributed by atoms with Gasteiger partial charge in [0.2, 0.25) is 0 Å². The summed E-state index contributed by atoms with van der Waals surface area (Å²) in [6.45, 7) is 15.2. The summed E-state index contributed by atoms with van der Waals surface area (Å²) in [4.78, 5) is 0. The lowest BCUT2D eigenvalue weighted by atomic mass is 9.78. The lowest BCUT2D eigenvalue weighted by molar-refractivity contribution is 0.457. The van der Waals surface area contributed by atoms with Crippen molar-refractivity contribution in [1.82, 2.24) is 0 Å². The fourth-order valence-electron chi connectivity index (χ4n) is 4.68. The van der Waals surface area contributed by atoms with E-state index in [2.05, 4.69) is 72.7 Å². The second-order valence-corrected chi connectivity index (χ2v) is 11.9. The van der Waals surface area contributed by atoms with Gasteiger partial charge in [-0.1, -0.05) is 121 Å². The van der Waals surface area contributed by atoms with Crippen LogP contribution in [-0.2, 0) is 10.8 Å². The normalized spacial score (nSPS) is 12.2. The molecule has 4 aromatic rings. The van der Waals surface area contributed by atoms with Crippen LogP contribution < -0.4 is 0 Å². The Hall–Kier alpha value is -3.52. The minimum atomic E-state index is -0.223. The molecule has 0 amide bonds. The highest BCUT2D eigenvalue weighted by atomic mass is 16.3. The van der Waals surface area contributed by atoms with Crippen LogP contribution in [0.15, 0.2) is 84.9 Å². The lowest BCUT2D eigenvalue weighted by Gasteiger charge is -2.27. The molecule has 0 aromatic heterocycles. The third kappa shape index (κ3) is 5.04. The number of phenolic OH excluding ortho intramolecular Hbond substituents is 2. The third-order valence-corrected chi connectivity index (χ3v) is 7.11. The fraction of sp³-hybridized carbons (Fsp3) is 0.294. The van der Waals surface area contributed by atoms with Gasteiger partial charge in [0.1, 0.15) is 11.5 Å². The van der Waals surface area contributed by atoms with Crippen LogP contribution in [0.5, 0.6) is 11.5 Å². The van der Waals surface area contributed by atoms with Gasteiger partial charge in [0.25, 0.3) is 0 Å². The van der Waals surface area contributed by atoms with Crippen LogP contribution in [0, 0.1) is 0 Å². The van der Waals surface area contributed by atoms with E-state index in [4.69, 9.17) is 0 Å². The fourth-order valence-corrected chi connectivity index (χ4v) is 4.68. The van der Waals surface area contributed by atoms with Crippen LogP contribution >= 0.6 is 0 Å². The van der Waals surface area contributed by atoms with E-state index in [-0.39, 0.29) is 28.2 Å². The zero-order chi connectivity index (χ0) is 26.3. The third-order valence-electron chi connectivity index (χ3n) is 7.11. The predicted molar refractivity (Wildman–Crippen MR) is 152 cm³/mol. The molecule has 0 atom stereocenters. The zero-order valence-corrected chi connectivity index (χ0v) is 22.6. The molecule has 2 heteroatoms. The zero-order valence-electron chi connectivity index (χ0n) is 22.6. The Labute approximate surface area is 216 Å². The van der Waals surface area contributed by atoms with Crippen molar-refractivity contribution in [3.63, 3.8) is 0 Å². The van der Waals surface area contributed by atoms with Gasteiger partial charge in [-0.15, -0.1) is 0 Å². The first-order chi connectivity index (χ1) is 16.9. The molecule has 0 fully saturated rings. The summed E-state index contributed by atoms with van der Waals surface area (Å²) in [5, 5.41) is 23.2. The van der Waals surface area contributed by atoms with E-state index >= 15 is 0 Å². The number of aromatic hydroxyl groups is 2. The maximum absolute atomic E-state index is 11.6. The maximum atomic E-state index is 11.6. The van der Waals surface area contributed by atoms with Gasteiger partial charge in [-0.3, -0.25) is 0 Å². The molecule has 0 saturated carbocycles. The first-order valence-corrected chi connectivity index (χ1v) is 12.7. The van der Waals surface area contributed by atoms with Gasteiger partial charge < -0.3 is 10.2 Å². The molecule has 0 spiro atoms. The summed E-state index contributed by atoms with van der Waals surface area (Å²) in [5.74, 6) is 0.312. The number of phenols is 2. The Bertz CT molecular complexity index is 1250. The quantitative estimate of drug-likeness (QED) is 0.307. The lowest BCUT2D eigenvalue weighted by Crippen LogP contribution is -2.14. The van der Waals surface area contributed by atoms with Crippen molar-refractivity contribution in [2.45, 2.75) is 65.2 Å². The summed E-state index contributed by atoms with van der Waals surface area (Å²) in [7, 11) is 0. The molecule has 2 N–H and O–H groups in total. The van der Waals surface area contributed by atoms with Crippen LogP contribution in [0.4, 0.5) is 0 Å². The minimum absolute atomic E-state index is 0.101. The largest absolute Gasteiger partial charge is 0.507 e. The first kappa shape index (κ1) is 25.6. The van der Waals surface area contributed by atoms with Gasteiger partial charge in [-0.05, 0) is 45.2 Å².